The molecule has 3 aromatic rings. The molecule has 0 spiro atoms. The maximum absolute atomic E-state index is 12.8. The molecule has 3 aromatic carbocycles. The molecule has 9 heteroatoms. The number of benzene rings is 3. The molecule has 1 unspecified atom stereocenters. The third-order valence-electron chi connectivity index (χ3n) is 4.66. The highest BCUT2D eigenvalue weighted by Crippen LogP contribution is 2.32. The van der Waals surface area contributed by atoms with Gasteiger partial charge in [-0.25, -0.2) is 0 Å². The molecule has 4 rings (SSSR count). The van der Waals surface area contributed by atoms with Crippen LogP contribution in [0.4, 0.5) is 24.5 Å². The van der Waals surface area contributed by atoms with Gasteiger partial charge in [-0.05, 0) is 54.6 Å². The van der Waals surface area contributed by atoms with E-state index in [9.17, 15) is 22.8 Å². The van der Waals surface area contributed by atoms with Crippen molar-refractivity contribution in [3.8, 4) is 11.5 Å². The first-order chi connectivity index (χ1) is 15.3. The fourth-order valence-electron chi connectivity index (χ4n) is 3.05. The Morgan fingerprint density at radius 3 is 2.28 bits per heavy atom. The minimum atomic E-state index is -4.50. The SMILES string of the molecule is O=C(Nc1cccc(C(F)(F)F)c1)c1ccc(NC(=O)C2COc3ccccc3O2)cc1. The van der Waals surface area contributed by atoms with Crippen molar-refractivity contribution in [2.45, 2.75) is 12.3 Å². The summed E-state index contributed by atoms with van der Waals surface area (Å²) in [5.41, 5.74) is -0.193. The Bertz CT molecular complexity index is 1150. The molecule has 6 nitrogen and oxygen atoms in total. The van der Waals surface area contributed by atoms with Crippen LogP contribution in [0.2, 0.25) is 0 Å². The van der Waals surface area contributed by atoms with Gasteiger partial charge in [-0.3, -0.25) is 9.59 Å². The monoisotopic (exact) mass is 442 g/mol. The highest BCUT2D eigenvalue weighted by Gasteiger charge is 2.30. The highest BCUT2D eigenvalue weighted by atomic mass is 19.4. The van der Waals surface area contributed by atoms with Gasteiger partial charge in [0.2, 0.25) is 6.10 Å². The molecule has 0 saturated carbocycles. The summed E-state index contributed by atoms with van der Waals surface area (Å²) in [6.45, 7) is 0.0559. The average molecular weight is 442 g/mol. The smallest absolute Gasteiger partial charge is 0.416 e. The lowest BCUT2D eigenvalue weighted by atomic mass is 10.1. The average Bonchev–Trinajstić information content (AvgIpc) is 2.79. The number of ether oxygens (including phenoxy) is 2. The number of hydrogen-bond acceptors (Lipinski definition) is 4. The predicted molar refractivity (Wildman–Crippen MR) is 111 cm³/mol. The quantitative estimate of drug-likeness (QED) is 0.612. The second-order valence-corrected chi connectivity index (χ2v) is 6.96. The summed E-state index contributed by atoms with van der Waals surface area (Å²) in [5, 5.41) is 5.11. The van der Waals surface area contributed by atoms with Crippen molar-refractivity contribution in [1.29, 1.82) is 0 Å². The summed E-state index contributed by atoms with van der Waals surface area (Å²) in [6.07, 6.45) is -5.34. The number of carbonyl (C=O) groups is 2. The maximum atomic E-state index is 12.8. The van der Waals surface area contributed by atoms with Crippen LogP contribution >= 0.6 is 0 Å². The summed E-state index contributed by atoms with van der Waals surface area (Å²) in [4.78, 5) is 24.8. The number of alkyl halides is 3. The van der Waals surface area contributed by atoms with E-state index in [1.807, 2.05) is 0 Å². The Balaban J connectivity index is 1.37. The van der Waals surface area contributed by atoms with E-state index in [0.717, 1.165) is 12.1 Å². The summed E-state index contributed by atoms with van der Waals surface area (Å²) in [6, 6.07) is 17.3. The third kappa shape index (κ3) is 4.83. The van der Waals surface area contributed by atoms with Gasteiger partial charge in [-0.15, -0.1) is 0 Å². The molecule has 0 radical (unpaired) electrons. The summed E-state index contributed by atoms with van der Waals surface area (Å²) >= 11 is 0. The van der Waals surface area contributed by atoms with Crippen LogP contribution in [0.25, 0.3) is 0 Å². The molecule has 2 amide bonds. The van der Waals surface area contributed by atoms with Crippen molar-refractivity contribution < 1.29 is 32.2 Å². The number of amides is 2. The highest BCUT2D eigenvalue weighted by molar-refractivity contribution is 6.04. The van der Waals surface area contributed by atoms with E-state index >= 15 is 0 Å². The summed E-state index contributed by atoms with van der Waals surface area (Å²) in [7, 11) is 0. The Labute approximate surface area is 181 Å². The molecular weight excluding hydrogens is 425 g/mol. The predicted octanol–water partition coefficient (Wildman–Crippen LogP) is 4.74. The number of hydrogen-bond donors (Lipinski definition) is 2. The maximum Gasteiger partial charge on any atom is 0.416 e. The molecule has 0 saturated heterocycles. The van der Waals surface area contributed by atoms with E-state index in [1.165, 1.54) is 36.4 Å². The lowest BCUT2D eigenvalue weighted by molar-refractivity contribution is -0.137. The molecule has 0 aliphatic carbocycles. The van der Waals surface area contributed by atoms with E-state index in [2.05, 4.69) is 10.6 Å². The number of anilines is 2. The molecule has 0 aromatic heterocycles. The molecule has 164 valence electrons. The van der Waals surface area contributed by atoms with Crippen molar-refractivity contribution in [2.75, 3.05) is 17.2 Å². The third-order valence-corrected chi connectivity index (χ3v) is 4.66. The van der Waals surface area contributed by atoms with Gasteiger partial charge >= 0.3 is 6.18 Å². The number of para-hydroxylation sites is 2. The number of carbonyl (C=O) groups excluding carboxylic acids is 2. The van der Waals surface area contributed by atoms with Gasteiger partial charge in [0.1, 0.15) is 6.61 Å². The van der Waals surface area contributed by atoms with Gasteiger partial charge in [-0.2, -0.15) is 13.2 Å². The van der Waals surface area contributed by atoms with E-state index < -0.39 is 29.7 Å². The zero-order chi connectivity index (χ0) is 22.7. The van der Waals surface area contributed by atoms with Crippen LogP contribution in [0.1, 0.15) is 15.9 Å². The van der Waals surface area contributed by atoms with Crippen LogP contribution in [0.3, 0.4) is 0 Å². The van der Waals surface area contributed by atoms with Gasteiger partial charge in [-0.1, -0.05) is 18.2 Å². The minimum absolute atomic E-state index is 0.0249. The molecule has 1 atom stereocenters. The normalized spacial score (nSPS) is 15.0. The summed E-state index contributed by atoms with van der Waals surface area (Å²) < 4.78 is 49.6. The fourth-order valence-corrected chi connectivity index (χ4v) is 3.05. The summed E-state index contributed by atoms with van der Waals surface area (Å²) in [5.74, 6) is 0.0386. The molecule has 0 bridgehead atoms. The van der Waals surface area contributed by atoms with Crippen molar-refractivity contribution >= 4 is 23.2 Å². The van der Waals surface area contributed by atoms with Gasteiger partial charge in [0, 0.05) is 16.9 Å². The van der Waals surface area contributed by atoms with E-state index in [0.29, 0.717) is 17.2 Å². The Morgan fingerprint density at radius 2 is 1.56 bits per heavy atom. The second-order valence-electron chi connectivity index (χ2n) is 6.96. The van der Waals surface area contributed by atoms with Gasteiger partial charge in [0.25, 0.3) is 11.8 Å². The van der Waals surface area contributed by atoms with Crippen molar-refractivity contribution in [3.05, 3.63) is 83.9 Å². The van der Waals surface area contributed by atoms with Crippen LogP contribution in [-0.2, 0) is 11.0 Å². The van der Waals surface area contributed by atoms with Crippen LogP contribution < -0.4 is 20.1 Å². The van der Waals surface area contributed by atoms with Gasteiger partial charge in [0.15, 0.2) is 11.5 Å². The van der Waals surface area contributed by atoms with Crippen LogP contribution in [-0.4, -0.2) is 24.5 Å². The first kappa shape index (κ1) is 21.2. The number of nitrogens with one attached hydrogen (secondary N) is 2. The molecule has 1 aliphatic heterocycles. The van der Waals surface area contributed by atoms with E-state index in [-0.39, 0.29) is 17.9 Å². The Kier molecular flexibility index (Phi) is 5.72. The number of halogens is 3. The Morgan fingerprint density at radius 1 is 0.844 bits per heavy atom. The Hall–Kier alpha value is -4.01. The zero-order valence-electron chi connectivity index (χ0n) is 16.5. The van der Waals surface area contributed by atoms with Crippen LogP contribution in [0.5, 0.6) is 11.5 Å². The van der Waals surface area contributed by atoms with Crippen LogP contribution in [0, 0.1) is 0 Å². The molecular formula is C23H17F3N2O4. The number of fused-ring (bicyclic) bond motifs is 1. The first-order valence-electron chi connectivity index (χ1n) is 9.57. The minimum Gasteiger partial charge on any atom is -0.485 e. The van der Waals surface area contributed by atoms with Crippen molar-refractivity contribution in [2.24, 2.45) is 0 Å². The topological polar surface area (TPSA) is 76.7 Å². The van der Waals surface area contributed by atoms with Crippen LogP contribution in [0.15, 0.2) is 72.8 Å². The van der Waals surface area contributed by atoms with Crippen molar-refractivity contribution in [3.63, 3.8) is 0 Å². The first-order valence-corrected chi connectivity index (χ1v) is 9.57. The van der Waals surface area contributed by atoms with E-state index in [1.54, 1.807) is 24.3 Å². The van der Waals surface area contributed by atoms with Gasteiger partial charge in [0.05, 0.1) is 5.56 Å². The lowest BCUT2D eigenvalue weighted by Gasteiger charge is -2.25. The number of rotatable bonds is 4. The molecule has 32 heavy (non-hydrogen) atoms. The molecule has 0 fully saturated rings. The lowest BCUT2D eigenvalue weighted by Crippen LogP contribution is -2.40. The second kappa shape index (κ2) is 8.62. The zero-order valence-corrected chi connectivity index (χ0v) is 16.5. The van der Waals surface area contributed by atoms with E-state index in [4.69, 9.17) is 9.47 Å². The molecule has 1 aliphatic rings. The fraction of sp³-hybridized carbons (Fsp3) is 0.130. The van der Waals surface area contributed by atoms with Crippen molar-refractivity contribution in [1.82, 2.24) is 0 Å². The standard InChI is InChI=1S/C23H17F3N2O4/c24-23(25,26)15-4-3-5-17(12-15)28-21(29)14-8-10-16(11-9-14)27-22(30)20-13-31-18-6-1-2-7-19(18)32-20/h1-12,20H,13H2,(H,27,30)(H,28,29). The largest absolute Gasteiger partial charge is 0.485 e. The molecule has 2 N–H and O–H groups in total. The van der Waals surface area contributed by atoms with Gasteiger partial charge < -0.3 is 20.1 Å². The molecule has 1 heterocycles.